The predicted molar refractivity (Wildman–Crippen MR) is 82.3 cm³/mol. The van der Waals surface area contributed by atoms with Gasteiger partial charge in [-0.3, -0.25) is 5.41 Å². The highest BCUT2D eigenvalue weighted by Crippen LogP contribution is 2.19. The molecule has 0 bridgehead atoms. The molecular formula is C15H18N7+3. The fraction of sp³-hybridized carbons (Fsp3) is 0.200. The van der Waals surface area contributed by atoms with Crippen molar-refractivity contribution in [2.75, 3.05) is 0 Å². The lowest BCUT2D eigenvalue weighted by Crippen LogP contribution is -2.36. The number of aliphatic imine (C=N–C) groups is 1. The standard InChI is InChI=1S/C15H17N7/c1-3-20(9-17)10-18-14-5-13(8-16)6-15(7-14)22-12-21(4-2)11-19-22/h3,5-7,9-12,17H,4H2,1-2H3/q+2/p+1. The van der Waals surface area contributed by atoms with E-state index < -0.39 is 0 Å². The summed E-state index contributed by atoms with van der Waals surface area (Å²) in [5, 5.41) is 18.9. The molecule has 1 aromatic heterocycles. The van der Waals surface area contributed by atoms with Gasteiger partial charge < -0.3 is 0 Å². The summed E-state index contributed by atoms with van der Waals surface area (Å²) in [4.78, 5) is 4.33. The number of hydrogen-bond donors (Lipinski definition) is 1. The highest BCUT2D eigenvalue weighted by molar-refractivity contribution is 5.69. The highest BCUT2D eigenvalue weighted by atomic mass is 15.3. The molecule has 2 rings (SSSR count). The number of aromatic nitrogens is 3. The number of benzene rings is 1. The minimum Gasteiger partial charge on any atom is -0.262 e. The number of nitrogens with two attached hydrogens (primary N) is 1. The predicted octanol–water partition coefficient (Wildman–Crippen LogP) is -0.398. The zero-order chi connectivity index (χ0) is 15.9. The van der Waals surface area contributed by atoms with Crippen molar-refractivity contribution in [3.63, 3.8) is 0 Å². The van der Waals surface area contributed by atoms with Gasteiger partial charge in [-0.2, -0.15) is 5.26 Å². The van der Waals surface area contributed by atoms with Gasteiger partial charge >= 0.3 is 6.34 Å². The molecule has 0 spiro atoms. The summed E-state index contributed by atoms with van der Waals surface area (Å²) in [6, 6.07) is 7.47. The summed E-state index contributed by atoms with van der Waals surface area (Å²) in [6.45, 7) is 4.71. The maximum absolute atomic E-state index is 9.18. The Balaban J connectivity index is 2.42. The van der Waals surface area contributed by atoms with Crippen LogP contribution >= 0.6 is 0 Å². The van der Waals surface area contributed by atoms with Crippen LogP contribution in [0.5, 0.6) is 0 Å². The Bertz CT molecular complexity index is 777. The molecule has 0 aliphatic rings. The van der Waals surface area contributed by atoms with E-state index in [4.69, 9.17) is 5.41 Å². The third-order valence-corrected chi connectivity index (χ3v) is 3.05. The van der Waals surface area contributed by atoms with Gasteiger partial charge in [0.2, 0.25) is 12.0 Å². The Morgan fingerprint density at radius 1 is 1.50 bits per heavy atom. The quantitative estimate of drug-likeness (QED) is 0.462. The molecular weight excluding hydrogens is 278 g/mol. The summed E-state index contributed by atoms with van der Waals surface area (Å²) in [7, 11) is 0. The molecule has 22 heavy (non-hydrogen) atoms. The van der Waals surface area contributed by atoms with Crippen LogP contribution in [-0.2, 0) is 6.54 Å². The second-order valence-corrected chi connectivity index (χ2v) is 4.47. The van der Waals surface area contributed by atoms with Crippen LogP contribution in [0.25, 0.3) is 5.69 Å². The molecule has 7 heteroatoms. The smallest absolute Gasteiger partial charge is 0.262 e. The van der Waals surface area contributed by atoms with Gasteiger partial charge in [0.25, 0.3) is 12.7 Å². The largest absolute Gasteiger partial charge is 0.357 e. The van der Waals surface area contributed by atoms with Gasteiger partial charge in [-0.05, 0) is 19.9 Å². The Labute approximate surface area is 128 Å². The van der Waals surface area contributed by atoms with Gasteiger partial charge in [0, 0.05) is 22.2 Å². The minimum absolute atomic E-state index is 0.520. The minimum atomic E-state index is 0.520. The number of aryl methyl sites for hydroxylation is 1. The first-order chi connectivity index (χ1) is 10.7. The molecule has 0 aliphatic heterocycles. The van der Waals surface area contributed by atoms with E-state index in [0.29, 0.717) is 11.3 Å². The second-order valence-electron chi connectivity index (χ2n) is 4.47. The Morgan fingerprint density at radius 3 is 2.91 bits per heavy atom. The monoisotopic (exact) mass is 296 g/mol. The maximum Gasteiger partial charge on any atom is 0.357 e. The van der Waals surface area contributed by atoms with Gasteiger partial charge in [-0.25, -0.2) is 4.57 Å². The van der Waals surface area contributed by atoms with Gasteiger partial charge in [0.15, 0.2) is 0 Å². The van der Waals surface area contributed by atoms with Crippen molar-refractivity contribution in [1.82, 2.24) is 9.78 Å². The Hall–Kier alpha value is -3.14. The van der Waals surface area contributed by atoms with E-state index in [1.54, 1.807) is 40.3 Å². The number of nitrogens with zero attached hydrogens (tertiary/aromatic N) is 6. The van der Waals surface area contributed by atoms with Gasteiger partial charge in [-0.1, -0.05) is 4.68 Å². The molecule has 0 saturated carbocycles. The van der Waals surface area contributed by atoms with Crippen molar-refractivity contribution in [2.45, 2.75) is 20.4 Å². The average Bonchev–Trinajstić information content (AvgIpc) is 3.04. The molecule has 0 amide bonds. The first-order valence-electron chi connectivity index (χ1n) is 6.85. The SMILES string of the molecule is CC=[N+](C=[NH2+])C=Nc1cc(C#N)cc(-n2c[n+](CC)cn2)c1. The zero-order valence-electron chi connectivity index (χ0n) is 12.6. The Kier molecular flexibility index (Phi) is 4.88. The third kappa shape index (κ3) is 3.49. The number of hydrogen-bond acceptors (Lipinski definition) is 3. The summed E-state index contributed by atoms with van der Waals surface area (Å²) in [5.41, 5.74) is 1.95. The van der Waals surface area contributed by atoms with E-state index in [-0.39, 0.29) is 0 Å². The third-order valence-electron chi connectivity index (χ3n) is 3.05. The van der Waals surface area contributed by atoms with Crippen molar-refractivity contribution in [2.24, 2.45) is 4.99 Å². The van der Waals surface area contributed by atoms with E-state index in [1.807, 2.05) is 30.8 Å². The topological polar surface area (TPSA) is 86.5 Å². The molecule has 0 aliphatic carbocycles. The van der Waals surface area contributed by atoms with Crippen molar-refractivity contribution in [1.29, 1.82) is 5.26 Å². The molecule has 2 aromatic rings. The molecule has 1 aromatic carbocycles. The highest BCUT2D eigenvalue weighted by Gasteiger charge is 2.13. The van der Waals surface area contributed by atoms with E-state index in [2.05, 4.69) is 16.2 Å². The molecule has 0 radical (unpaired) electrons. The van der Waals surface area contributed by atoms with E-state index in [1.165, 1.54) is 6.34 Å². The fourth-order valence-electron chi connectivity index (χ4n) is 1.81. The van der Waals surface area contributed by atoms with Gasteiger partial charge in [0.1, 0.15) is 11.9 Å². The molecule has 0 atom stereocenters. The van der Waals surface area contributed by atoms with E-state index >= 15 is 0 Å². The first kappa shape index (κ1) is 15.3. The number of nitriles is 1. The van der Waals surface area contributed by atoms with Crippen LogP contribution in [0.3, 0.4) is 0 Å². The lowest BCUT2D eigenvalue weighted by Gasteiger charge is -1.94. The molecule has 2 N–H and O–H groups in total. The first-order valence-corrected chi connectivity index (χ1v) is 6.85. The number of rotatable bonds is 5. The molecule has 0 unspecified atom stereocenters. The van der Waals surface area contributed by atoms with Crippen LogP contribution in [0.2, 0.25) is 0 Å². The maximum atomic E-state index is 9.18. The van der Waals surface area contributed by atoms with Crippen molar-refractivity contribution in [3.05, 3.63) is 36.4 Å². The average molecular weight is 296 g/mol. The second kappa shape index (κ2) is 7.04. The van der Waals surface area contributed by atoms with Gasteiger partial charge in [-0.15, -0.1) is 4.58 Å². The zero-order valence-corrected chi connectivity index (χ0v) is 12.6. The molecule has 1 heterocycles. The van der Waals surface area contributed by atoms with Crippen molar-refractivity contribution in [3.8, 4) is 11.8 Å². The van der Waals surface area contributed by atoms with E-state index in [9.17, 15) is 5.26 Å². The van der Waals surface area contributed by atoms with Crippen LogP contribution in [0.4, 0.5) is 5.69 Å². The molecule has 7 nitrogen and oxygen atoms in total. The van der Waals surface area contributed by atoms with E-state index in [0.717, 1.165) is 12.2 Å². The van der Waals surface area contributed by atoms with Gasteiger partial charge in [0.05, 0.1) is 18.2 Å². The van der Waals surface area contributed by atoms with Crippen LogP contribution < -0.4 is 9.98 Å². The summed E-state index contributed by atoms with van der Waals surface area (Å²) >= 11 is 0. The molecule has 0 fully saturated rings. The summed E-state index contributed by atoms with van der Waals surface area (Å²) in [6.07, 6.45) is 8.35. The van der Waals surface area contributed by atoms with Crippen molar-refractivity contribution >= 4 is 24.6 Å². The lowest BCUT2D eigenvalue weighted by molar-refractivity contribution is -0.694. The van der Waals surface area contributed by atoms with Crippen LogP contribution in [0.15, 0.2) is 35.8 Å². The van der Waals surface area contributed by atoms with Crippen LogP contribution in [-0.4, -0.2) is 33.2 Å². The van der Waals surface area contributed by atoms with Crippen LogP contribution in [0, 0.1) is 11.3 Å². The molecule has 0 saturated heterocycles. The normalized spacial score (nSPS) is 11.6. The Morgan fingerprint density at radius 2 is 2.32 bits per heavy atom. The summed E-state index contributed by atoms with van der Waals surface area (Å²) in [5.74, 6) is 0. The van der Waals surface area contributed by atoms with Crippen molar-refractivity contribution < 1.29 is 14.6 Å². The fourth-order valence-corrected chi connectivity index (χ4v) is 1.81. The van der Waals surface area contributed by atoms with Crippen LogP contribution in [0.1, 0.15) is 19.4 Å². The summed E-state index contributed by atoms with van der Waals surface area (Å²) < 4.78 is 5.28. The molecule has 110 valence electrons. The lowest BCUT2D eigenvalue weighted by atomic mass is 10.2.